The lowest BCUT2D eigenvalue weighted by molar-refractivity contribution is -0.104. The Bertz CT molecular complexity index is 205. The van der Waals surface area contributed by atoms with Gasteiger partial charge < -0.3 is 0 Å². The van der Waals surface area contributed by atoms with E-state index in [2.05, 4.69) is 20.8 Å². The van der Waals surface area contributed by atoms with Crippen LogP contribution in [0, 0.1) is 0 Å². The first kappa shape index (κ1) is 11.2. The summed E-state index contributed by atoms with van der Waals surface area (Å²) in [5, 5.41) is 0. The molecule has 0 aromatic heterocycles. The third-order valence-electron chi connectivity index (χ3n) is 2.10. The average molecular weight is 166 g/mol. The van der Waals surface area contributed by atoms with Crippen LogP contribution in [0.4, 0.5) is 0 Å². The van der Waals surface area contributed by atoms with Crippen LogP contribution in [0.15, 0.2) is 22.8 Å². The van der Waals surface area contributed by atoms with Gasteiger partial charge in [0.25, 0.3) is 0 Å². The van der Waals surface area contributed by atoms with Gasteiger partial charge in [-0.3, -0.25) is 4.79 Å². The smallest absolute Gasteiger partial charge is 0.142 e. The second-order valence-electron chi connectivity index (χ2n) is 3.43. The molecule has 0 fully saturated rings. The van der Waals surface area contributed by atoms with Gasteiger partial charge in [0.05, 0.1) is 0 Å². The molecule has 0 saturated heterocycles. The molecule has 0 rings (SSSR count). The molecule has 0 bridgehead atoms. The van der Waals surface area contributed by atoms with Gasteiger partial charge in [0, 0.05) is 0 Å². The highest BCUT2D eigenvalue weighted by molar-refractivity contribution is 5.65. The molecule has 0 N–H and O–H groups in total. The Labute approximate surface area is 75.2 Å². The first-order chi connectivity index (χ1) is 5.57. The van der Waals surface area contributed by atoms with E-state index >= 15 is 0 Å². The topological polar surface area (TPSA) is 17.1 Å². The second-order valence-corrected chi connectivity index (χ2v) is 3.43. The van der Waals surface area contributed by atoms with Gasteiger partial charge in [-0.05, 0) is 46.6 Å². The van der Waals surface area contributed by atoms with E-state index in [-0.39, 0.29) is 0 Å². The van der Waals surface area contributed by atoms with E-state index in [9.17, 15) is 4.79 Å². The quantitative estimate of drug-likeness (QED) is 0.356. The summed E-state index contributed by atoms with van der Waals surface area (Å²) in [5.74, 6) is 0. The highest BCUT2D eigenvalue weighted by Crippen LogP contribution is 2.13. The molecule has 12 heavy (non-hydrogen) atoms. The summed E-state index contributed by atoms with van der Waals surface area (Å²) in [5.41, 5.74) is 3.97. The predicted octanol–water partition coefficient (Wildman–Crippen LogP) is 3.27. The van der Waals surface area contributed by atoms with Gasteiger partial charge in [-0.15, -0.1) is 0 Å². The maximum absolute atomic E-state index is 10.1. The molecule has 0 aromatic rings. The van der Waals surface area contributed by atoms with Crippen molar-refractivity contribution in [3.05, 3.63) is 22.8 Å². The number of carbonyl (C=O) groups excluding carboxylic acids is 1. The van der Waals surface area contributed by atoms with Crippen LogP contribution in [0.2, 0.25) is 0 Å². The highest BCUT2D eigenvalue weighted by atomic mass is 16.1. The molecule has 0 atom stereocenters. The molecule has 0 amide bonds. The Morgan fingerprint density at radius 2 is 1.67 bits per heavy atom. The van der Waals surface area contributed by atoms with Crippen LogP contribution in [-0.4, -0.2) is 6.29 Å². The van der Waals surface area contributed by atoms with Gasteiger partial charge in [0.15, 0.2) is 0 Å². The summed E-state index contributed by atoms with van der Waals surface area (Å²) in [6, 6.07) is 0. The number of rotatable bonds is 4. The fraction of sp³-hybridized carbons (Fsp3) is 0.545. The highest BCUT2D eigenvalue weighted by Gasteiger charge is 1.93. The van der Waals surface area contributed by atoms with E-state index in [4.69, 9.17) is 0 Å². The van der Waals surface area contributed by atoms with Crippen molar-refractivity contribution in [1.82, 2.24) is 0 Å². The van der Waals surface area contributed by atoms with E-state index in [0.717, 1.165) is 24.7 Å². The molecule has 0 heterocycles. The maximum Gasteiger partial charge on any atom is 0.142 e. The summed E-state index contributed by atoms with van der Waals surface area (Å²) in [6.07, 6.45) is 4.56. The van der Waals surface area contributed by atoms with Crippen LogP contribution in [0.1, 0.15) is 40.5 Å². The molecule has 0 radical (unpaired) electrons. The zero-order valence-corrected chi connectivity index (χ0v) is 8.48. The van der Waals surface area contributed by atoms with Gasteiger partial charge in [-0.1, -0.05) is 16.7 Å². The molecule has 0 spiro atoms. The molecule has 0 aromatic carbocycles. The Morgan fingerprint density at radius 1 is 1.08 bits per heavy atom. The van der Waals surface area contributed by atoms with Crippen LogP contribution in [0.25, 0.3) is 0 Å². The largest absolute Gasteiger partial charge is 0.299 e. The minimum absolute atomic E-state index is 0.854. The van der Waals surface area contributed by atoms with E-state index in [1.54, 1.807) is 6.08 Å². The lowest BCUT2D eigenvalue weighted by atomic mass is 10.0. The maximum atomic E-state index is 10.1. The fourth-order valence-electron chi connectivity index (χ4n) is 0.834. The molecular weight excluding hydrogens is 148 g/mol. The lowest BCUT2D eigenvalue weighted by Gasteiger charge is -2.03. The molecule has 0 aliphatic carbocycles. The Balaban J connectivity index is 3.92. The minimum atomic E-state index is 0.854. The van der Waals surface area contributed by atoms with E-state index in [1.807, 2.05) is 6.92 Å². The molecule has 0 unspecified atom stereocenters. The summed E-state index contributed by atoms with van der Waals surface area (Å²) in [7, 11) is 0. The SMILES string of the molecule is CC(C)=C(C)CC/C(C)=C\C=O. The standard InChI is InChI=1S/C11H18O/c1-9(2)11(4)6-5-10(3)7-8-12/h7-8H,5-6H2,1-4H3/b10-7-. The minimum Gasteiger partial charge on any atom is -0.299 e. The zero-order chi connectivity index (χ0) is 9.56. The first-order valence-electron chi connectivity index (χ1n) is 4.31. The van der Waals surface area contributed by atoms with Crippen molar-refractivity contribution in [2.45, 2.75) is 40.5 Å². The summed E-state index contributed by atoms with van der Waals surface area (Å²) in [4.78, 5) is 10.1. The van der Waals surface area contributed by atoms with Crippen molar-refractivity contribution >= 4 is 6.29 Å². The lowest BCUT2D eigenvalue weighted by Crippen LogP contribution is -1.84. The van der Waals surface area contributed by atoms with Crippen molar-refractivity contribution in [1.29, 1.82) is 0 Å². The van der Waals surface area contributed by atoms with Gasteiger partial charge in [-0.25, -0.2) is 0 Å². The Kier molecular flexibility index (Phi) is 5.35. The van der Waals surface area contributed by atoms with Crippen molar-refractivity contribution in [3.63, 3.8) is 0 Å². The summed E-state index contributed by atoms with van der Waals surface area (Å²) < 4.78 is 0. The zero-order valence-electron chi connectivity index (χ0n) is 8.48. The molecule has 68 valence electrons. The fourth-order valence-corrected chi connectivity index (χ4v) is 0.834. The van der Waals surface area contributed by atoms with Crippen molar-refractivity contribution in [2.75, 3.05) is 0 Å². The van der Waals surface area contributed by atoms with Crippen molar-refractivity contribution in [3.8, 4) is 0 Å². The first-order valence-corrected chi connectivity index (χ1v) is 4.31. The second kappa shape index (κ2) is 5.76. The Hall–Kier alpha value is -0.850. The van der Waals surface area contributed by atoms with Crippen molar-refractivity contribution in [2.24, 2.45) is 0 Å². The molecule has 0 aliphatic heterocycles. The predicted molar refractivity (Wildman–Crippen MR) is 53.1 cm³/mol. The normalized spacial score (nSPS) is 11.2. The number of carbonyl (C=O) groups is 1. The average Bonchev–Trinajstić information content (AvgIpc) is 2.00. The molecule has 1 nitrogen and oxygen atoms in total. The van der Waals surface area contributed by atoms with Crippen LogP contribution in [-0.2, 0) is 4.79 Å². The van der Waals surface area contributed by atoms with Gasteiger partial charge in [0.2, 0.25) is 0 Å². The summed E-state index contributed by atoms with van der Waals surface area (Å²) >= 11 is 0. The molecule has 1 heteroatoms. The van der Waals surface area contributed by atoms with E-state index in [0.29, 0.717) is 0 Å². The third-order valence-corrected chi connectivity index (χ3v) is 2.10. The number of hydrogen-bond acceptors (Lipinski definition) is 1. The van der Waals surface area contributed by atoms with Gasteiger partial charge in [0.1, 0.15) is 6.29 Å². The molecular formula is C11H18O. The van der Waals surface area contributed by atoms with Gasteiger partial charge >= 0.3 is 0 Å². The Morgan fingerprint density at radius 3 is 2.08 bits per heavy atom. The number of hydrogen-bond donors (Lipinski definition) is 0. The summed E-state index contributed by atoms with van der Waals surface area (Å²) in [6.45, 7) is 8.37. The van der Waals surface area contributed by atoms with Crippen LogP contribution in [0.5, 0.6) is 0 Å². The van der Waals surface area contributed by atoms with Gasteiger partial charge in [-0.2, -0.15) is 0 Å². The monoisotopic (exact) mass is 166 g/mol. The molecule has 0 aliphatic rings. The number of aldehydes is 1. The molecule has 0 saturated carbocycles. The van der Waals surface area contributed by atoms with Crippen LogP contribution >= 0.6 is 0 Å². The number of allylic oxidation sites excluding steroid dienone is 4. The van der Waals surface area contributed by atoms with Crippen LogP contribution in [0.3, 0.4) is 0 Å². The van der Waals surface area contributed by atoms with E-state index < -0.39 is 0 Å². The van der Waals surface area contributed by atoms with Crippen molar-refractivity contribution < 1.29 is 4.79 Å². The van der Waals surface area contributed by atoms with Crippen LogP contribution < -0.4 is 0 Å². The van der Waals surface area contributed by atoms with E-state index in [1.165, 1.54) is 11.1 Å². The third kappa shape index (κ3) is 4.89.